The molecule has 0 aliphatic heterocycles. The van der Waals surface area contributed by atoms with Crippen LogP contribution in [0.25, 0.3) is 0 Å². The number of aliphatic hydroxyl groups is 2. The summed E-state index contributed by atoms with van der Waals surface area (Å²) in [5.74, 6) is 0.334. The number of rotatable bonds is 5. The van der Waals surface area contributed by atoms with Crippen molar-refractivity contribution >= 4 is 0 Å². The van der Waals surface area contributed by atoms with Crippen LogP contribution in [0, 0.1) is 5.92 Å². The van der Waals surface area contributed by atoms with Gasteiger partial charge in [0.15, 0.2) is 0 Å². The fraction of sp³-hybridized carbons (Fsp3) is 0.625. The Morgan fingerprint density at radius 2 is 1.89 bits per heavy atom. The molecular weight excluding hydrogens is 238 g/mol. The van der Waals surface area contributed by atoms with Crippen LogP contribution in [-0.2, 0) is 5.60 Å². The first-order chi connectivity index (χ1) is 9.13. The van der Waals surface area contributed by atoms with Gasteiger partial charge in [-0.25, -0.2) is 0 Å². The maximum Gasteiger partial charge on any atom is 0.0992 e. The van der Waals surface area contributed by atoms with Crippen LogP contribution in [-0.4, -0.2) is 29.4 Å². The first-order valence-corrected chi connectivity index (χ1v) is 7.25. The summed E-state index contributed by atoms with van der Waals surface area (Å²) in [6.07, 6.45) is 4.60. The Labute approximate surface area is 115 Å². The Kier molecular flexibility index (Phi) is 4.97. The van der Waals surface area contributed by atoms with Crippen LogP contribution in [0.2, 0.25) is 0 Å². The van der Waals surface area contributed by atoms with Gasteiger partial charge in [-0.05, 0) is 31.2 Å². The summed E-state index contributed by atoms with van der Waals surface area (Å²) < 4.78 is 0. The molecule has 1 aromatic rings. The first kappa shape index (κ1) is 14.5. The SMILES string of the molecule is CC(O)(CNC1CCCCC1CO)c1ccccc1. The molecule has 3 heteroatoms. The van der Waals surface area contributed by atoms with Gasteiger partial charge in [0.05, 0.1) is 5.60 Å². The predicted molar refractivity (Wildman–Crippen MR) is 76.8 cm³/mol. The Balaban J connectivity index is 1.93. The minimum Gasteiger partial charge on any atom is -0.396 e. The minimum absolute atomic E-state index is 0.241. The lowest BCUT2D eigenvalue weighted by molar-refractivity contribution is 0.0451. The molecule has 0 bridgehead atoms. The average molecular weight is 263 g/mol. The van der Waals surface area contributed by atoms with Gasteiger partial charge in [-0.15, -0.1) is 0 Å². The highest BCUT2D eigenvalue weighted by molar-refractivity contribution is 5.21. The number of hydrogen-bond acceptors (Lipinski definition) is 3. The van der Waals surface area contributed by atoms with Gasteiger partial charge in [-0.2, -0.15) is 0 Å². The third-order valence-corrected chi connectivity index (χ3v) is 4.25. The largest absolute Gasteiger partial charge is 0.396 e. The normalized spacial score (nSPS) is 26.9. The van der Waals surface area contributed by atoms with Crippen molar-refractivity contribution in [1.29, 1.82) is 0 Å². The molecule has 0 saturated heterocycles. The summed E-state index contributed by atoms with van der Waals surface area (Å²) in [7, 11) is 0. The second-order valence-corrected chi connectivity index (χ2v) is 5.85. The van der Waals surface area contributed by atoms with Crippen molar-refractivity contribution in [3.8, 4) is 0 Å². The summed E-state index contributed by atoms with van der Waals surface area (Å²) in [5.41, 5.74) is 0.0671. The molecule has 0 amide bonds. The highest BCUT2D eigenvalue weighted by Crippen LogP contribution is 2.25. The number of nitrogens with one attached hydrogen (secondary N) is 1. The smallest absolute Gasteiger partial charge is 0.0992 e. The van der Waals surface area contributed by atoms with Gasteiger partial charge < -0.3 is 15.5 Å². The van der Waals surface area contributed by atoms with Crippen molar-refractivity contribution in [2.75, 3.05) is 13.2 Å². The molecule has 1 aliphatic rings. The maximum atomic E-state index is 10.6. The van der Waals surface area contributed by atoms with Gasteiger partial charge >= 0.3 is 0 Å². The molecule has 1 aliphatic carbocycles. The van der Waals surface area contributed by atoms with Crippen LogP contribution in [0.15, 0.2) is 30.3 Å². The van der Waals surface area contributed by atoms with E-state index in [0.717, 1.165) is 18.4 Å². The summed E-state index contributed by atoms with van der Waals surface area (Å²) in [5, 5.41) is 23.4. The van der Waals surface area contributed by atoms with Crippen molar-refractivity contribution in [3.05, 3.63) is 35.9 Å². The lowest BCUT2D eigenvalue weighted by Gasteiger charge is -2.34. The first-order valence-electron chi connectivity index (χ1n) is 7.25. The van der Waals surface area contributed by atoms with E-state index in [9.17, 15) is 10.2 Å². The third-order valence-electron chi connectivity index (χ3n) is 4.25. The second kappa shape index (κ2) is 6.51. The molecule has 3 atom stereocenters. The van der Waals surface area contributed by atoms with E-state index in [1.54, 1.807) is 0 Å². The van der Waals surface area contributed by atoms with E-state index < -0.39 is 5.60 Å². The van der Waals surface area contributed by atoms with Crippen LogP contribution in [0.3, 0.4) is 0 Å². The van der Waals surface area contributed by atoms with Crippen LogP contribution < -0.4 is 5.32 Å². The van der Waals surface area contributed by atoms with Crippen LogP contribution in [0.5, 0.6) is 0 Å². The quantitative estimate of drug-likeness (QED) is 0.762. The molecule has 1 aromatic carbocycles. The van der Waals surface area contributed by atoms with Gasteiger partial charge in [0.25, 0.3) is 0 Å². The highest BCUT2D eigenvalue weighted by Gasteiger charge is 2.28. The molecule has 0 heterocycles. The molecule has 3 nitrogen and oxygen atoms in total. The third kappa shape index (κ3) is 3.78. The summed E-state index contributed by atoms with van der Waals surface area (Å²) in [4.78, 5) is 0. The molecular formula is C16H25NO2. The Morgan fingerprint density at radius 1 is 1.21 bits per heavy atom. The summed E-state index contributed by atoms with van der Waals surface area (Å²) in [6, 6.07) is 10.1. The van der Waals surface area contributed by atoms with E-state index in [0.29, 0.717) is 18.5 Å². The average Bonchev–Trinajstić information content (AvgIpc) is 2.46. The van der Waals surface area contributed by atoms with Crippen molar-refractivity contribution in [3.63, 3.8) is 0 Å². The molecule has 3 unspecified atom stereocenters. The molecule has 1 saturated carbocycles. The second-order valence-electron chi connectivity index (χ2n) is 5.85. The molecule has 0 aromatic heterocycles. The molecule has 0 radical (unpaired) electrons. The number of aliphatic hydroxyl groups excluding tert-OH is 1. The Bertz CT molecular complexity index is 378. The monoisotopic (exact) mass is 263 g/mol. The summed E-state index contributed by atoms with van der Waals surface area (Å²) in [6.45, 7) is 2.61. The van der Waals surface area contributed by atoms with E-state index >= 15 is 0 Å². The van der Waals surface area contributed by atoms with Gasteiger partial charge in [-0.1, -0.05) is 43.2 Å². The van der Waals surface area contributed by atoms with Crippen LogP contribution >= 0.6 is 0 Å². The van der Waals surface area contributed by atoms with E-state index in [-0.39, 0.29) is 6.61 Å². The number of benzene rings is 1. The standard InChI is InChI=1S/C16H25NO2/c1-16(19,14-8-3-2-4-9-14)12-17-15-10-6-5-7-13(15)11-18/h2-4,8-9,13,15,17-19H,5-7,10-12H2,1H3. The fourth-order valence-corrected chi connectivity index (χ4v) is 2.92. The van der Waals surface area contributed by atoms with E-state index in [1.807, 2.05) is 37.3 Å². The predicted octanol–water partition coefficient (Wildman–Crippen LogP) is 2.03. The van der Waals surface area contributed by atoms with Gasteiger partial charge in [-0.3, -0.25) is 0 Å². The van der Waals surface area contributed by atoms with Crippen LogP contribution in [0.4, 0.5) is 0 Å². The molecule has 2 rings (SSSR count). The van der Waals surface area contributed by atoms with Gasteiger partial charge in [0.1, 0.15) is 0 Å². The molecule has 1 fully saturated rings. The van der Waals surface area contributed by atoms with Gasteiger partial charge in [0.2, 0.25) is 0 Å². The Morgan fingerprint density at radius 3 is 2.58 bits per heavy atom. The molecule has 3 N–H and O–H groups in total. The van der Waals surface area contributed by atoms with Crippen molar-refractivity contribution in [2.24, 2.45) is 5.92 Å². The molecule has 19 heavy (non-hydrogen) atoms. The van der Waals surface area contributed by atoms with E-state index in [1.165, 1.54) is 12.8 Å². The zero-order valence-corrected chi connectivity index (χ0v) is 11.7. The zero-order chi connectivity index (χ0) is 13.7. The van der Waals surface area contributed by atoms with Gasteiger partial charge in [0, 0.05) is 19.2 Å². The topological polar surface area (TPSA) is 52.5 Å². The van der Waals surface area contributed by atoms with Crippen LogP contribution in [0.1, 0.15) is 38.2 Å². The fourth-order valence-electron chi connectivity index (χ4n) is 2.92. The van der Waals surface area contributed by atoms with Crippen molar-refractivity contribution in [2.45, 2.75) is 44.2 Å². The number of hydrogen-bond donors (Lipinski definition) is 3. The lowest BCUT2D eigenvalue weighted by atomic mass is 9.84. The summed E-state index contributed by atoms with van der Waals surface area (Å²) >= 11 is 0. The van der Waals surface area contributed by atoms with E-state index in [4.69, 9.17) is 0 Å². The van der Waals surface area contributed by atoms with E-state index in [2.05, 4.69) is 5.32 Å². The lowest BCUT2D eigenvalue weighted by Crippen LogP contribution is -2.46. The molecule has 106 valence electrons. The zero-order valence-electron chi connectivity index (χ0n) is 11.7. The maximum absolute atomic E-state index is 10.6. The van der Waals surface area contributed by atoms with Crippen molar-refractivity contribution < 1.29 is 10.2 Å². The molecule has 0 spiro atoms. The minimum atomic E-state index is -0.862. The van der Waals surface area contributed by atoms with Crippen molar-refractivity contribution in [1.82, 2.24) is 5.32 Å². The Hall–Kier alpha value is -0.900. The highest BCUT2D eigenvalue weighted by atomic mass is 16.3.